The van der Waals surface area contributed by atoms with E-state index in [0.29, 0.717) is 9.68 Å². The first-order valence-corrected chi connectivity index (χ1v) is 3.33. The molecule has 0 aromatic carbocycles. The van der Waals surface area contributed by atoms with Crippen molar-refractivity contribution in [2.45, 2.75) is 6.55 Å². The maximum Gasteiger partial charge on any atom is 0.306 e. The average molecular weight is 116 g/mol. The molecule has 0 heterocycles. The van der Waals surface area contributed by atoms with Crippen LogP contribution in [0.2, 0.25) is 6.55 Å². The highest BCUT2D eigenvalue weighted by atomic mass is 28.2. The topological polar surface area (TPSA) is 46.3 Å². The van der Waals surface area contributed by atoms with Crippen LogP contribution in [0.1, 0.15) is 0 Å². The molecule has 0 rings (SSSR count). The molecular formula is C3H8N2OSi. The Balaban J connectivity index is 3.34. The third-order valence-electron chi connectivity index (χ3n) is 0.666. The van der Waals surface area contributed by atoms with Gasteiger partial charge in [0.15, 0.2) is 9.68 Å². The summed E-state index contributed by atoms with van der Waals surface area (Å²) < 4.78 is 1.46. The third-order valence-corrected chi connectivity index (χ3v) is 1.56. The number of nitrogens with zero attached hydrogens (tertiary/aromatic N) is 1. The van der Waals surface area contributed by atoms with Gasteiger partial charge in [-0.15, -0.1) is 0 Å². The molecule has 0 atom stereocenters. The number of hydrogen-bond donors (Lipinski definition) is 1. The molecule has 0 aliphatic rings. The summed E-state index contributed by atoms with van der Waals surface area (Å²) in [6, 6.07) is -0.360. The average Bonchev–Trinajstić information content (AvgIpc) is 1.65. The summed E-state index contributed by atoms with van der Waals surface area (Å²) in [4.78, 5) is 10.1. The highest BCUT2D eigenvalue weighted by Crippen LogP contribution is 1.72. The number of urea groups is 1. The van der Waals surface area contributed by atoms with Gasteiger partial charge >= 0.3 is 6.03 Å². The zero-order chi connectivity index (χ0) is 5.86. The van der Waals surface area contributed by atoms with E-state index < -0.39 is 0 Å². The van der Waals surface area contributed by atoms with Crippen LogP contribution in [0, 0.1) is 0 Å². The zero-order valence-electron chi connectivity index (χ0n) is 4.43. The Bertz CT molecular complexity index is 75.3. The summed E-state index contributed by atoms with van der Waals surface area (Å²) in [5.41, 5.74) is 4.84. The van der Waals surface area contributed by atoms with Crippen LogP contribution < -0.4 is 5.73 Å². The number of rotatable bonds is 1. The lowest BCUT2D eigenvalue weighted by molar-refractivity contribution is 0.237. The molecule has 0 aromatic heterocycles. The summed E-state index contributed by atoms with van der Waals surface area (Å²) in [5.74, 6) is 0. The number of nitrogens with two attached hydrogens (primary N) is 1. The van der Waals surface area contributed by atoms with Crippen LogP contribution in [0.15, 0.2) is 0 Å². The normalized spacial score (nSPS) is 8.29. The molecule has 0 aliphatic carbocycles. The summed E-state index contributed by atoms with van der Waals surface area (Å²) >= 11 is 0. The summed E-state index contributed by atoms with van der Waals surface area (Å²) in [6.07, 6.45) is 0. The summed E-state index contributed by atoms with van der Waals surface area (Å²) in [5, 5.41) is 0. The molecule has 0 saturated carbocycles. The van der Waals surface area contributed by atoms with Crippen LogP contribution in [0.5, 0.6) is 0 Å². The van der Waals surface area contributed by atoms with Gasteiger partial charge in [0.2, 0.25) is 0 Å². The van der Waals surface area contributed by atoms with Crippen molar-refractivity contribution in [1.29, 1.82) is 0 Å². The van der Waals surface area contributed by atoms with E-state index in [-0.39, 0.29) is 6.03 Å². The van der Waals surface area contributed by atoms with Gasteiger partial charge in [-0.1, -0.05) is 6.55 Å². The monoisotopic (exact) mass is 116 g/mol. The number of carbonyl (C=O) groups is 1. The smallest absolute Gasteiger partial charge is 0.306 e. The Morgan fingerprint density at radius 1 is 1.86 bits per heavy atom. The number of carbonyl (C=O) groups excluding carboxylic acids is 1. The summed E-state index contributed by atoms with van der Waals surface area (Å²) in [7, 11) is 2.14. The van der Waals surface area contributed by atoms with Gasteiger partial charge in [0, 0.05) is 7.05 Å². The lowest BCUT2D eigenvalue weighted by Crippen LogP contribution is -2.33. The van der Waals surface area contributed by atoms with Crippen LogP contribution >= 0.6 is 0 Å². The molecule has 7 heavy (non-hydrogen) atoms. The van der Waals surface area contributed by atoms with E-state index >= 15 is 0 Å². The number of amides is 2. The largest absolute Gasteiger partial charge is 0.356 e. The first-order valence-electron chi connectivity index (χ1n) is 1.89. The minimum atomic E-state index is -0.360. The van der Waals surface area contributed by atoms with Crippen molar-refractivity contribution in [2.24, 2.45) is 5.73 Å². The van der Waals surface area contributed by atoms with E-state index in [0.717, 1.165) is 0 Å². The van der Waals surface area contributed by atoms with Gasteiger partial charge in [0.05, 0.1) is 0 Å². The highest BCUT2D eigenvalue weighted by molar-refractivity contribution is 6.34. The molecule has 0 aliphatic heterocycles. The molecule has 40 valence electrons. The molecule has 0 spiro atoms. The first kappa shape index (κ1) is 6.49. The Morgan fingerprint density at radius 2 is 2.29 bits per heavy atom. The van der Waals surface area contributed by atoms with Crippen molar-refractivity contribution >= 4 is 15.7 Å². The van der Waals surface area contributed by atoms with E-state index in [1.807, 2.05) is 6.55 Å². The fraction of sp³-hybridized carbons (Fsp3) is 0.667. The minimum absolute atomic E-state index is 0.360. The van der Waals surface area contributed by atoms with Gasteiger partial charge in [-0.2, -0.15) is 0 Å². The zero-order valence-corrected chi connectivity index (χ0v) is 5.43. The van der Waals surface area contributed by atoms with Crippen LogP contribution in [0.25, 0.3) is 0 Å². The van der Waals surface area contributed by atoms with E-state index in [4.69, 9.17) is 5.73 Å². The van der Waals surface area contributed by atoms with Crippen LogP contribution in [-0.4, -0.2) is 27.3 Å². The molecule has 2 radical (unpaired) electrons. The predicted octanol–water partition coefficient (Wildman–Crippen LogP) is -0.336. The number of primary amides is 1. The Hall–Kier alpha value is -0.513. The van der Waals surface area contributed by atoms with Crippen LogP contribution in [0.4, 0.5) is 4.79 Å². The number of hydrogen-bond acceptors (Lipinski definition) is 1. The lowest BCUT2D eigenvalue weighted by atomic mass is 11.0. The first-order chi connectivity index (χ1) is 3.18. The fourth-order valence-corrected chi connectivity index (χ4v) is 0.331. The molecule has 0 saturated heterocycles. The lowest BCUT2D eigenvalue weighted by Gasteiger charge is -2.07. The minimum Gasteiger partial charge on any atom is -0.356 e. The molecule has 0 fully saturated rings. The molecule has 0 bridgehead atoms. The molecular weight excluding hydrogens is 108 g/mol. The Labute approximate surface area is 45.4 Å². The Kier molecular flexibility index (Phi) is 2.43. The van der Waals surface area contributed by atoms with Crippen molar-refractivity contribution in [3.63, 3.8) is 0 Å². The van der Waals surface area contributed by atoms with Gasteiger partial charge in [0.1, 0.15) is 0 Å². The van der Waals surface area contributed by atoms with Crippen LogP contribution in [-0.2, 0) is 0 Å². The predicted molar refractivity (Wildman–Crippen MR) is 29.0 cm³/mol. The molecule has 0 unspecified atom stereocenters. The van der Waals surface area contributed by atoms with E-state index in [1.165, 1.54) is 4.57 Å². The highest BCUT2D eigenvalue weighted by Gasteiger charge is 1.96. The maximum absolute atomic E-state index is 10.1. The van der Waals surface area contributed by atoms with Crippen LogP contribution in [0.3, 0.4) is 0 Å². The fourth-order valence-electron chi connectivity index (χ4n) is 0.110. The van der Waals surface area contributed by atoms with E-state index in [9.17, 15) is 4.79 Å². The van der Waals surface area contributed by atoms with Gasteiger partial charge in [0.25, 0.3) is 0 Å². The second-order valence-electron chi connectivity index (χ2n) is 1.12. The van der Waals surface area contributed by atoms with Gasteiger partial charge < -0.3 is 10.3 Å². The second-order valence-corrected chi connectivity index (χ2v) is 2.24. The maximum atomic E-state index is 10.1. The van der Waals surface area contributed by atoms with Gasteiger partial charge in [-0.05, 0) is 0 Å². The van der Waals surface area contributed by atoms with Gasteiger partial charge in [-0.3, -0.25) is 0 Å². The van der Waals surface area contributed by atoms with E-state index in [2.05, 4.69) is 0 Å². The summed E-state index contributed by atoms with van der Waals surface area (Å²) in [6.45, 7) is 1.89. The van der Waals surface area contributed by atoms with E-state index in [1.54, 1.807) is 7.05 Å². The van der Waals surface area contributed by atoms with Crippen molar-refractivity contribution in [3.8, 4) is 0 Å². The molecule has 4 heteroatoms. The SMILES string of the molecule is C[Si]N(C)C(N)=O. The molecule has 2 amide bonds. The van der Waals surface area contributed by atoms with Crippen molar-refractivity contribution in [2.75, 3.05) is 7.05 Å². The van der Waals surface area contributed by atoms with Crippen molar-refractivity contribution in [3.05, 3.63) is 0 Å². The quantitative estimate of drug-likeness (QED) is 0.468. The van der Waals surface area contributed by atoms with Crippen molar-refractivity contribution < 1.29 is 4.79 Å². The van der Waals surface area contributed by atoms with Crippen molar-refractivity contribution in [1.82, 2.24) is 4.57 Å². The molecule has 0 aromatic rings. The molecule has 3 nitrogen and oxygen atoms in total. The molecule has 2 N–H and O–H groups in total. The van der Waals surface area contributed by atoms with Gasteiger partial charge in [-0.25, -0.2) is 4.79 Å². The Morgan fingerprint density at radius 3 is 2.29 bits per heavy atom. The standard InChI is InChI=1S/C3H8N2OSi/c1-5(7-2)3(4)6/h1-2H3,(H2,4,6). The third kappa shape index (κ3) is 2.22. The second kappa shape index (κ2) is 2.63.